The van der Waals surface area contributed by atoms with Gasteiger partial charge in [0.2, 0.25) is 0 Å². The van der Waals surface area contributed by atoms with Crippen LogP contribution in [0.2, 0.25) is 0 Å². The first-order valence-electron chi connectivity index (χ1n) is 6.47. The minimum absolute atomic E-state index is 0.0433. The number of nitro groups is 1. The second kappa shape index (κ2) is 6.38. The molecule has 0 aromatic heterocycles. The lowest BCUT2D eigenvalue weighted by Crippen LogP contribution is -2.33. The Morgan fingerprint density at radius 2 is 2.42 bits per heavy atom. The molecule has 1 aliphatic rings. The van der Waals surface area contributed by atoms with Crippen LogP contribution in [0.25, 0.3) is 0 Å². The third kappa shape index (κ3) is 3.57. The van der Waals surface area contributed by atoms with Crippen molar-refractivity contribution in [3.8, 4) is 5.75 Å². The van der Waals surface area contributed by atoms with Gasteiger partial charge in [-0.3, -0.25) is 10.1 Å². The quantitative estimate of drug-likeness (QED) is 0.629. The molecule has 1 aliphatic heterocycles. The molecule has 0 spiro atoms. The fourth-order valence-corrected chi connectivity index (χ4v) is 2.29. The molecule has 0 bridgehead atoms. The van der Waals surface area contributed by atoms with Gasteiger partial charge < -0.3 is 15.4 Å². The molecule has 2 rings (SSSR count). The summed E-state index contributed by atoms with van der Waals surface area (Å²) >= 11 is 0. The summed E-state index contributed by atoms with van der Waals surface area (Å²) in [5.74, 6) is 1.10. The van der Waals surface area contributed by atoms with Crippen molar-refractivity contribution in [1.82, 2.24) is 5.32 Å². The summed E-state index contributed by atoms with van der Waals surface area (Å²) in [5.41, 5.74) is 0.848. The molecule has 1 aromatic carbocycles. The molecule has 1 heterocycles. The van der Waals surface area contributed by atoms with Gasteiger partial charge in [-0.1, -0.05) is 0 Å². The lowest BCUT2D eigenvalue weighted by Gasteiger charge is -2.23. The molecule has 6 nitrogen and oxygen atoms in total. The summed E-state index contributed by atoms with van der Waals surface area (Å²) in [5, 5.41) is 17.4. The van der Waals surface area contributed by atoms with Crippen LogP contribution in [-0.2, 0) is 0 Å². The third-order valence-corrected chi connectivity index (χ3v) is 3.38. The predicted octanol–water partition coefficient (Wildman–Crippen LogP) is 2.01. The number of piperidine rings is 1. The Labute approximate surface area is 112 Å². The zero-order valence-corrected chi connectivity index (χ0v) is 11.0. The molecule has 2 N–H and O–H groups in total. The molecular formula is C13H19N3O3. The predicted molar refractivity (Wildman–Crippen MR) is 73.7 cm³/mol. The van der Waals surface area contributed by atoms with Crippen molar-refractivity contribution in [2.75, 3.05) is 32.1 Å². The van der Waals surface area contributed by atoms with Crippen LogP contribution < -0.4 is 15.4 Å². The van der Waals surface area contributed by atoms with Crippen molar-refractivity contribution in [2.24, 2.45) is 5.92 Å². The van der Waals surface area contributed by atoms with E-state index in [-0.39, 0.29) is 5.69 Å². The lowest BCUT2D eigenvalue weighted by atomic mass is 10.00. The van der Waals surface area contributed by atoms with Crippen LogP contribution in [0.4, 0.5) is 11.4 Å². The smallest absolute Gasteiger partial charge is 0.273 e. The summed E-state index contributed by atoms with van der Waals surface area (Å²) in [6.45, 7) is 2.96. The molecule has 0 radical (unpaired) electrons. The number of nitro benzene ring substituents is 1. The maximum Gasteiger partial charge on any atom is 0.273 e. The van der Waals surface area contributed by atoms with E-state index in [9.17, 15) is 10.1 Å². The topological polar surface area (TPSA) is 76.4 Å². The fourth-order valence-electron chi connectivity index (χ4n) is 2.29. The Morgan fingerprint density at radius 1 is 1.58 bits per heavy atom. The van der Waals surface area contributed by atoms with Crippen LogP contribution >= 0.6 is 0 Å². The van der Waals surface area contributed by atoms with E-state index in [0.717, 1.165) is 25.3 Å². The number of anilines is 1. The molecule has 19 heavy (non-hydrogen) atoms. The highest BCUT2D eigenvalue weighted by Gasteiger charge is 2.15. The molecule has 104 valence electrons. The Balaban J connectivity index is 2.00. The van der Waals surface area contributed by atoms with Crippen LogP contribution in [0.1, 0.15) is 12.8 Å². The van der Waals surface area contributed by atoms with E-state index in [1.165, 1.54) is 32.1 Å². The Hall–Kier alpha value is -1.82. The summed E-state index contributed by atoms with van der Waals surface area (Å²) in [7, 11) is 1.52. The number of benzene rings is 1. The van der Waals surface area contributed by atoms with Gasteiger partial charge in [0.1, 0.15) is 5.75 Å². The van der Waals surface area contributed by atoms with E-state index in [1.807, 2.05) is 0 Å². The third-order valence-electron chi connectivity index (χ3n) is 3.38. The van der Waals surface area contributed by atoms with Gasteiger partial charge in [-0.2, -0.15) is 0 Å². The van der Waals surface area contributed by atoms with Gasteiger partial charge in [0.25, 0.3) is 5.69 Å². The van der Waals surface area contributed by atoms with Crippen molar-refractivity contribution in [1.29, 1.82) is 0 Å². The van der Waals surface area contributed by atoms with Crippen LogP contribution in [0.5, 0.6) is 5.75 Å². The number of non-ortho nitro benzene ring substituents is 1. The normalized spacial score (nSPS) is 18.9. The second-order valence-electron chi connectivity index (χ2n) is 4.73. The standard InChI is InChI=1S/C13H19N3O3/c1-19-13-7-11(16(17)18)4-5-12(13)15-9-10-3-2-6-14-8-10/h4-5,7,10,14-15H,2-3,6,8-9H2,1H3. The number of hydrogen-bond donors (Lipinski definition) is 2. The molecule has 0 amide bonds. The summed E-state index contributed by atoms with van der Waals surface area (Å²) in [6.07, 6.45) is 2.40. The first-order valence-corrected chi connectivity index (χ1v) is 6.47. The number of nitrogens with one attached hydrogen (secondary N) is 2. The first-order chi connectivity index (χ1) is 9.20. The maximum atomic E-state index is 10.7. The van der Waals surface area contributed by atoms with E-state index in [4.69, 9.17) is 4.74 Å². The number of methoxy groups -OCH3 is 1. The zero-order valence-electron chi connectivity index (χ0n) is 11.0. The van der Waals surface area contributed by atoms with Gasteiger partial charge in [-0.05, 0) is 37.9 Å². The van der Waals surface area contributed by atoms with E-state index >= 15 is 0 Å². The molecule has 1 aromatic rings. The largest absolute Gasteiger partial charge is 0.494 e. The minimum atomic E-state index is -0.419. The molecule has 0 aliphatic carbocycles. The highest BCUT2D eigenvalue weighted by Crippen LogP contribution is 2.29. The molecular weight excluding hydrogens is 246 g/mol. The van der Waals surface area contributed by atoms with E-state index in [2.05, 4.69) is 10.6 Å². The van der Waals surface area contributed by atoms with Gasteiger partial charge >= 0.3 is 0 Å². The molecule has 0 saturated carbocycles. The SMILES string of the molecule is COc1cc([N+](=O)[O-])ccc1NCC1CCCNC1. The maximum absolute atomic E-state index is 10.7. The highest BCUT2D eigenvalue weighted by molar-refractivity contribution is 5.60. The molecule has 6 heteroatoms. The van der Waals surface area contributed by atoms with Crippen molar-refractivity contribution >= 4 is 11.4 Å². The Bertz CT molecular complexity index is 445. The lowest BCUT2D eigenvalue weighted by molar-refractivity contribution is -0.384. The Morgan fingerprint density at radius 3 is 3.05 bits per heavy atom. The average Bonchev–Trinajstić information content (AvgIpc) is 2.45. The molecule has 1 atom stereocenters. The monoisotopic (exact) mass is 265 g/mol. The van der Waals surface area contributed by atoms with Crippen LogP contribution in [0.3, 0.4) is 0 Å². The van der Waals surface area contributed by atoms with Crippen molar-refractivity contribution < 1.29 is 9.66 Å². The number of nitrogens with zero attached hydrogens (tertiary/aromatic N) is 1. The Kier molecular flexibility index (Phi) is 4.57. The fraction of sp³-hybridized carbons (Fsp3) is 0.538. The molecule has 1 fully saturated rings. The summed E-state index contributed by atoms with van der Waals surface area (Å²) in [6, 6.07) is 4.64. The van der Waals surface area contributed by atoms with Crippen LogP contribution in [0, 0.1) is 16.0 Å². The van der Waals surface area contributed by atoms with Gasteiger partial charge in [0.15, 0.2) is 0 Å². The minimum Gasteiger partial charge on any atom is -0.494 e. The summed E-state index contributed by atoms with van der Waals surface area (Å²) in [4.78, 5) is 10.3. The first kappa shape index (κ1) is 13.6. The van der Waals surface area contributed by atoms with E-state index < -0.39 is 4.92 Å². The van der Waals surface area contributed by atoms with Crippen molar-refractivity contribution in [3.05, 3.63) is 28.3 Å². The zero-order chi connectivity index (χ0) is 13.7. The summed E-state index contributed by atoms with van der Waals surface area (Å²) < 4.78 is 5.19. The van der Waals surface area contributed by atoms with Crippen LogP contribution in [0.15, 0.2) is 18.2 Å². The van der Waals surface area contributed by atoms with Gasteiger partial charge in [-0.25, -0.2) is 0 Å². The van der Waals surface area contributed by atoms with Gasteiger partial charge in [0.05, 0.1) is 23.8 Å². The number of ether oxygens (including phenoxy) is 1. The average molecular weight is 265 g/mol. The van der Waals surface area contributed by atoms with Gasteiger partial charge in [0, 0.05) is 12.6 Å². The van der Waals surface area contributed by atoms with Crippen molar-refractivity contribution in [3.63, 3.8) is 0 Å². The highest BCUT2D eigenvalue weighted by atomic mass is 16.6. The van der Waals surface area contributed by atoms with Crippen LogP contribution in [-0.4, -0.2) is 31.7 Å². The molecule has 1 saturated heterocycles. The van der Waals surface area contributed by atoms with E-state index in [0.29, 0.717) is 11.7 Å². The van der Waals surface area contributed by atoms with Crippen molar-refractivity contribution in [2.45, 2.75) is 12.8 Å². The molecule has 1 unspecified atom stereocenters. The van der Waals surface area contributed by atoms with E-state index in [1.54, 1.807) is 6.07 Å². The number of rotatable bonds is 5. The number of hydrogen-bond acceptors (Lipinski definition) is 5. The second-order valence-corrected chi connectivity index (χ2v) is 4.73. The van der Waals surface area contributed by atoms with Gasteiger partial charge in [-0.15, -0.1) is 0 Å².